The summed E-state index contributed by atoms with van der Waals surface area (Å²) in [7, 11) is 0. The van der Waals surface area contributed by atoms with Crippen molar-refractivity contribution in [2.24, 2.45) is 5.73 Å². The van der Waals surface area contributed by atoms with Crippen LogP contribution in [0.25, 0.3) is 11.0 Å². The lowest BCUT2D eigenvalue weighted by atomic mass is 10.1. The Morgan fingerprint density at radius 2 is 2.05 bits per heavy atom. The summed E-state index contributed by atoms with van der Waals surface area (Å²) >= 11 is 0. The number of carbonyl (C=O) groups excluding carboxylic acids is 1. The zero-order chi connectivity index (χ0) is 14.5. The number of nitrogens with one attached hydrogen (secondary N) is 3. The van der Waals surface area contributed by atoms with Crippen molar-refractivity contribution < 1.29 is 4.79 Å². The van der Waals surface area contributed by atoms with Crippen LogP contribution in [-0.2, 0) is 4.79 Å². The smallest absolute Gasteiger partial charge is 0.323 e. The molecular formula is C14H20N4O2. The van der Waals surface area contributed by atoms with Gasteiger partial charge in [-0.2, -0.15) is 0 Å². The minimum Gasteiger partial charge on any atom is -0.370 e. The maximum Gasteiger partial charge on any atom is 0.323 e. The summed E-state index contributed by atoms with van der Waals surface area (Å²) in [6.45, 7) is 2.90. The van der Waals surface area contributed by atoms with E-state index in [4.69, 9.17) is 5.73 Å². The second-order valence-corrected chi connectivity index (χ2v) is 4.98. The molecule has 0 fully saturated rings. The van der Waals surface area contributed by atoms with Crippen LogP contribution in [0.5, 0.6) is 0 Å². The van der Waals surface area contributed by atoms with E-state index in [0.29, 0.717) is 6.42 Å². The summed E-state index contributed by atoms with van der Waals surface area (Å²) in [5.41, 5.74) is 7.64. The summed E-state index contributed by atoms with van der Waals surface area (Å²) in [5.74, 6) is -0.250. The number of rotatable bonds is 7. The lowest BCUT2D eigenvalue weighted by Gasteiger charge is -2.14. The van der Waals surface area contributed by atoms with Gasteiger partial charge in [0.2, 0.25) is 5.91 Å². The first-order valence-electron chi connectivity index (χ1n) is 6.80. The van der Waals surface area contributed by atoms with E-state index in [-0.39, 0.29) is 17.6 Å². The zero-order valence-electron chi connectivity index (χ0n) is 11.5. The van der Waals surface area contributed by atoms with Gasteiger partial charge in [0.05, 0.1) is 11.0 Å². The third kappa shape index (κ3) is 3.71. The predicted molar refractivity (Wildman–Crippen MR) is 78.4 cm³/mol. The summed E-state index contributed by atoms with van der Waals surface area (Å²) in [6.07, 6.45) is 2.16. The number of benzene rings is 1. The van der Waals surface area contributed by atoms with Crippen LogP contribution in [0.4, 0.5) is 0 Å². The molecule has 0 radical (unpaired) electrons. The molecule has 0 aliphatic heterocycles. The van der Waals surface area contributed by atoms with Crippen LogP contribution < -0.4 is 16.7 Å². The number of hydrogen-bond donors (Lipinski definition) is 4. The first kappa shape index (κ1) is 14.3. The molecule has 1 aromatic carbocycles. The lowest BCUT2D eigenvalue weighted by Crippen LogP contribution is -2.20. The molecule has 1 atom stereocenters. The largest absolute Gasteiger partial charge is 0.370 e. The van der Waals surface area contributed by atoms with E-state index in [2.05, 4.69) is 22.2 Å². The molecule has 20 heavy (non-hydrogen) atoms. The Kier molecular flexibility index (Phi) is 4.57. The first-order valence-corrected chi connectivity index (χ1v) is 6.80. The number of unbranched alkanes of at least 4 members (excludes halogenated alkanes) is 1. The quantitative estimate of drug-likeness (QED) is 0.570. The molecule has 0 saturated carbocycles. The minimum absolute atomic E-state index is 0.186. The molecule has 5 N–H and O–H groups in total. The SMILES string of the molecule is CC(NCCCCC(N)=O)c1ccc2[nH]c(=O)[nH]c2c1. The van der Waals surface area contributed by atoms with Gasteiger partial charge in [0.1, 0.15) is 0 Å². The fraction of sp³-hybridized carbons (Fsp3) is 0.429. The summed E-state index contributed by atoms with van der Waals surface area (Å²) in [5, 5.41) is 3.39. The van der Waals surface area contributed by atoms with E-state index < -0.39 is 0 Å². The van der Waals surface area contributed by atoms with Crippen LogP contribution in [0.3, 0.4) is 0 Å². The van der Waals surface area contributed by atoms with Gasteiger partial charge in [-0.05, 0) is 44.0 Å². The van der Waals surface area contributed by atoms with Crippen molar-refractivity contribution in [1.82, 2.24) is 15.3 Å². The van der Waals surface area contributed by atoms with E-state index in [1.807, 2.05) is 18.2 Å². The highest BCUT2D eigenvalue weighted by atomic mass is 16.1. The lowest BCUT2D eigenvalue weighted by molar-refractivity contribution is -0.118. The van der Waals surface area contributed by atoms with Crippen molar-refractivity contribution in [1.29, 1.82) is 0 Å². The molecule has 1 heterocycles. The van der Waals surface area contributed by atoms with Gasteiger partial charge in [-0.25, -0.2) is 4.79 Å². The van der Waals surface area contributed by atoms with Gasteiger partial charge in [0.15, 0.2) is 0 Å². The Morgan fingerprint density at radius 3 is 2.80 bits per heavy atom. The third-order valence-electron chi connectivity index (χ3n) is 3.34. The highest BCUT2D eigenvalue weighted by Gasteiger charge is 2.06. The molecular weight excluding hydrogens is 256 g/mol. The molecule has 1 amide bonds. The Labute approximate surface area is 116 Å². The van der Waals surface area contributed by atoms with Crippen molar-refractivity contribution in [3.05, 3.63) is 34.2 Å². The molecule has 6 heteroatoms. The van der Waals surface area contributed by atoms with Gasteiger partial charge in [-0.3, -0.25) is 4.79 Å². The van der Waals surface area contributed by atoms with Crippen LogP contribution >= 0.6 is 0 Å². The molecule has 6 nitrogen and oxygen atoms in total. The molecule has 0 aliphatic rings. The Hall–Kier alpha value is -2.08. The molecule has 0 saturated heterocycles. The van der Waals surface area contributed by atoms with Crippen LogP contribution in [0.1, 0.15) is 37.8 Å². The van der Waals surface area contributed by atoms with E-state index in [1.54, 1.807) is 0 Å². The van der Waals surface area contributed by atoms with Crippen LogP contribution in [0.15, 0.2) is 23.0 Å². The molecule has 0 bridgehead atoms. The Bertz CT molecular complexity index is 644. The molecule has 1 unspecified atom stereocenters. The van der Waals surface area contributed by atoms with Gasteiger partial charge in [0, 0.05) is 12.5 Å². The van der Waals surface area contributed by atoms with Crippen LogP contribution in [0.2, 0.25) is 0 Å². The highest BCUT2D eigenvalue weighted by molar-refractivity contribution is 5.75. The third-order valence-corrected chi connectivity index (χ3v) is 3.34. The summed E-state index contributed by atoms with van der Waals surface area (Å²) in [4.78, 5) is 27.3. The first-order chi connectivity index (χ1) is 9.56. The van der Waals surface area contributed by atoms with E-state index in [0.717, 1.165) is 36.0 Å². The Morgan fingerprint density at radius 1 is 1.30 bits per heavy atom. The number of H-pyrrole nitrogens is 2. The fourth-order valence-corrected chi connectivity index (χ4v) is 2.18. The number of nitrogens with two attached hydrogens (primary N) is 1. The molecule has 1 aromatic heterocycles. The standard InChI is InChI=1S/C14H20N4O2/c1-9(16-7-3-2-4-13(15)19)10-5-6-11-12(8-10)18-14(20)17-11/h5-6,8-9,16H,2-4,7H2,1H3,(H2,15,19)(H2,17,18,20). The van der Waals surface area contributed by atoms with E-state index in [1.165, 1.54) is 0 Å². The molecule has 0 aliphatic carbocycles. The minimum atomic E-state index is -0.250. The monoisotopic (exact) mass is 276 g/mol. The average Bonchev–Trinajstić information content (AvgIpc) is 2.76. The van der Waals surface area contributed by atoms with Crippen LogP contribution in [-0.4, -0.2) is 22.4 Å². The number of aromatic nitrogens is 2. The number of hydrogen-bond acceptors (Lipinski definition) is 3. The summed E-state index contributed by atoms with van der Waals surface area (Å²) in [6, 6.07) is 6.04. The maximum atomic E-state index is 11.2. The molecule has 0 spiro atoms. The van der Waals surface area contributed by atoms with Crippen molar-refractivity contribution in [2.75, 3.05) is 6.54 Å². The number of amides is 1. The predicted octanol–water partition coefficient (Wildman–Crippen LogP) is 1.16. The van der Waals surface area contributed by atoms with Gasteiger partial charge in [0.25, 0.3) is 0 Å². The summed E-state index contributed by atoms with van der Waals surface area (Å²) < 4.78 is 0. The second-order valence-electron chi connectivity index (χ2n) is 4.98. The number of fused-ring (bicyclic) bond motifs is 1. The van der Waals surface area contributed by atoms with E-state index in [9.17, 15) is 9.59 Å². The number of imidazole rings is 1. The van der Waals surface area contributed by atoms with Crippen molar-refractivity contribution in [2.45, 2.75) is 32.2 Å². The topological polar surface area (TPSA) is 104 Å². The zero-order valence-corrected chi connectivity index (χ0v) is 11.5. The second kappa shape index (κ2) is 6.38. The maximum absolute atomic E-state index is 11.2. The van der Waals surface area contributed by atoms with Gasteiger partial charge < -0.3 is 21.0 Å². The number of primary amides is 1. The van der Waals surface area contributed by atoms with Gasteiger partial charge in [-0.15, -0.1) is 0 Å². The van der Waals surface area contributed by atoms with Gasteiger partial charge >= 0.3 is 5.69 Å². The molecule has 108 valence electrons. The Balaban J connectivity index is 1.88. The fourth-order valence-electron chi connectivity index (χ4n) is 2.18. The molecule has 2 aromatic rings. The average molecular weight is 276 g/mol. The number of carbonyl (C=O) groups is 1. The van der Waals surface area contributed by atoms with Crippen molar-refractivity contribution in [3.63, 3.8) is 0 Å². The van der Waals surface area contributed by atoms with Crippen molar-refractivity contribution in [3.8, 4) is 0 Å². The van der Waals surface area contributed by atoms with Crippen LogP contribution in [0, 0.1) is 0 Å². The van der Waals surface area contributed by atoms with Crippen molar-refractivity contribution >= 4 is 16.9 Å². The molecule has 2 rings (SSSR count). The number of aromatic amines is 2. The van der Waals surface area contributed by atoms with Gasteiger partial charge in [-0.1, -0.05) is 6.07 Å². The highest BCUT2D eigenvalue weighted by Crippen LogP contribution is 2.16. The normalized spacial score (nSPS) is 12.7. The van der Waals surface area contributed by atoms with E-state index >= 15 is 0 Å².